The Morgan fingerprint density at radius 3 is 2.96 bits per heavy atom. The third-order valence-electron chi connectivity index (χ3n) is 3.08. The fraction of sp³-hybridized carbons (Fsp3) is 0.222. The van der Waals surface area contributed by atoms with Crippen molar-refractivity contribution in [2.45, 2.75) is 12.7 Å². The van der Waals surface area contributed by atoms with Crippen LogP contribution in [-0.4, -0.2) is 29.6 Å². The van der Waals surface area contributed by atoms with Gasteiger partial charge in [-0.15, -0.1) is 11.8 Å². The van der Waals surface area contributed by atoms with Crippen LogP contribution >= 0.6 is 23.4 Å². The Labute approximate surface area is 156 Å². The lowest BCUT2D eigenvalue weighted by Gasteiger charge is -2.06. The normalized spacial score (nSPS) is 10.8. The average molecular weight is 379 g/mol. The fourth-order valence-corrected chi connectivity index (χ4v) is 2.96. The number of hydrogen-bond acceptors (Lipinski definition) is 5. The van der Waals surface area contributed by atoms with Gasteiger partial charge in [-0.3, -0.25) is 4.79 Å². The molecule has 0 heterocycles. The Balaban J connectivity index is 1.77. The smallest absolute Gasteiger partial charge is 0.250 e. The average Bonchev–Trinajstić information content (AvgIpc) is 2.58. The number of benzene rings is 2. The first kappa shape index (κ1) is 19.1. The number of hydrazone groups is 1. The third-order valence-corrected chi connectivity index (χ3v) is 4.32. The zero-order valence-electron chi connectivity index (χ0n) is 13.7. The number of hydrogen-bond donors (Lipinski definition) is 2. The topological polar surface area (TPSA) is 70.9 Å². The summed E-state index contributed by atoms with van der Waals surface area (Å²) >= 11 is 7.40. The number of phenols is 1. The van der Waals surface area contributed by atoms with Crippen LogP contribution < -0.4 is 10.2 Å². The number of halogens is 1. The van der Waals surface area contributed by atoms with Crippen molar-refractivity contribution in [1.82, 2.24) is 5.43 Å². The zero-order valence-corrected chi connectivity index (χ0v) is 15.3. The van der Waals surface area contributed by atoms with Crippen molar-refractivity contribution in [2.75, 3.05) is 12.4 Å². The van der Waals surface area contributed by atoms with E-state index in [-0.39, 0.29) is 11.7 Å². The SMILES string of the molecule is CCOc1cc(/C=N\NC(=O)CSCc2cccc(Cl)c2)ccc1O. The number of thioether (sulfide) groups is 1. The molecule has 7 heteroatoms. The maximum Gasteiger partial charge on any atom is 0.250 e. The van der Waals surface area contributed by atoms with Crippen LogP contribution in [0.5, 0.6) is 11.5 Å². The Morgan fingerprint density at radius 1 is 1.36 bits per heavy atom. The van der Waals surface area contributed by atoms with E-state index in [9.17, 15) is 9.90 Å². The summed E-state index contributed by atoms with van der Waals surface area (Å²) in [6.45, 7) is 2.29. The van der Waals surface area contributed by atoms with Crippen LogP contribution in [-0.2, 0) is 10.5 Å². The van der Waals surface area contributed by atoms with E-state index >= 15 is 0 Å². The molecule has 0 bridgehead atoms. The second-order valence-electron chi connectivity index (χ2n) is 5.08. The molecule has 25 heavy (non-hydrogen) atoms. The van der Waals surface area contributed by atoms with Crippen LogP contribution in [0.15, 0.2) is 47.6 Å². The molecule has 0 aliphatic rings. The summed E-state index contributed by atoms with van der Waals surface area (Å²) in [5.74, 6) is 1.26. The molecular formula is C18H19ClN2O3S. The summed E-state index contributed by atoms with van der Waals surface area (Å²) in [6, 6.07) is 12.4. The lowest BCUT2D eigenvalue weighted by molar-refractivity contribution is -0.118. The van der Waals surface area contributed by atoms with E-state index in [2.05, 4.69) is 10.5 Å². The highest BCUT2D eigenvalue weighted by molar-refractivity contribution is 7.99. The van der Waals surface area contributed by atoms with Crippen molar-refractivity contribution < 1.29 is 14.6 Å². The molecule has 1 amide bonds. The van der Waals surface area contributed by atoms with E-state index in [1.165, 1.54) is 24.0 Å². The van der Waals surface area contributed by atoms with Crippen LogP contribution in [0, 0.1) is 0 Å². The van der Waals surface area contributed by atoms with Crippen LogP contribution in [0.1, 0.15) is 18.1 Å². The van der Waals surface area contributed by atoms with Crippen LogP contribution in [0.3, 0.4) is 0 Å². The molecule has 2 rings (SSSR count). The van der Waals surface area contributed by atoms with E-state index in [0.29, 0.717) is 34.4 Å². The molecule has 0 radical (unpaired) electrons. The molecule has 0 fully saturated rings. The molecule has 0 aliphatic heterocycles. The maximum absolute atomic E-state index is 11.8. The number of carbonyl (C=O) groups excluding carboxylic acids is 1. The Kier molecular flexibility index (Phi) is 7.63. The van der Waals surface area contributed by atoms with Gasteiger partial charge in [-0.1, -0.05) is 23.7 Å². The molecule has 2 N–H and O–H groups in total. The van der Waals surface area contributed by atoms with Crippen LogP contribution in [0.25, 0.3) is 0 Å². The van der Waals surface area contributed by atoms with Crippen molar-refractivity contribution in [3.05, 3.63) is 58.6 Å². The first-order valence-electron chi connectivity index (χ1n) is 7.68. The summed E-state index contributed by atoms with van der Waals surface area (Å²) in [7, 11) is 0. The van der Waals surface area contributed by atoms with Gasteiger partial charge in [0.15, 0.2) is 11.5 Å². The molecule has 0 saturated carbocycles. The Morgan fingerprint density at radius 2 is 2.20 bits per heavy atom. The summed E-state index contributed by atoms with van der Waals surface area (Å²) in [6.07, 6.45) is 1.50. The van der Waals surface area contributed by atoms with Gasteiger partial charge in [0.05, 0.1) is 18.6 Å². The molecule has 0 unspecified atom stereocenters. The van der Waals surface area contributed by atoms with Gasteiger partial charge < -0.3 is 9.84 Å². The maximum atomic E-state index is 11.8. The molecule has 132 valence electrons. The van der Waals surface area contributed by atoms with Crippen molar-refractivity contribution in [1.29, 1.82) is 0 Å². The molecule has 0 atom stereocenters. The summed E-state index contributed by atoms with van der Waals surface area (Å²) in [4.78, 5) is 11.8. The molecule has 2 aromatic carbocycles. The Hall–Kier alpha value is -2.18. The molecule has 0 saturated heterocycles. The molecule has 5 nitrogen and oxygen atoms in total. The van der Waals surface area contributed by atoms with Crippen LogP contribution in [0.2, 0.25) is 5.02 Å². The van der Waals surface area contributed by atoms with Crippen LogP contribution in [0.4, 0.5) is 0 Å². The largest absolute Gasteiger partial charge is 0.504 e. The van der Waals surface area contributed by atoms with Gasteiger partial charge >= 0.3 is 0 Å². The number of ether oxygens (including phenoxy) is 1. The van der Waals surface area contributed by atoms with Crippen molar-refractivity contribution in [3.8, 4) is 11.5 Å². The molecule has 0 aromatic heterocycles. The second-order valence-corrected chi connectivity index (χ2v) is 6.50. The standard InChI is InChI=1S/C18H19ClN2O3S/c1-2-24-17-9-13(6-7-16(17)22)10-20-21-18(23)12-25-11-14-4-3-5-15(19)8-14/h3-10,22H,2,11-12H2,1H3,(H,21,23)/b20-10-. The number of rotatable bonds is 8. The van der Waals surface area contributed by atoms with Crippen molar-refractivity contribution in [2.24, 2.45) is 5.10 Å². The first-order chi connectivity index (χ1) is 12.1. The van der Waals surface area contributed by atoms with E-state index in [4.69, 9.17) is 16.3 Å². The monoisotopic (exact) mass is 378 g/mol. The quantitative estimate of drug-likeness (QED) is 0.541. The highest BCUT2D eigenvalue weighted by Crippen LogP contribution is 2.26. The number of amides is 1. The van der Waals surface area contributed by atoms with E-state index in [1.807, 2.05) is 31.2 Å². The summed E-state index contributed by atoms with van der Waals surface area (Å²) < 4.78 is 5.30. The van der Waals surface area contributed by atoms with Crippen molar-refractivity contribution in [3.63, 3.8) is 0 Å². The summed E-state index contributed by atoms with van der Waals surface area (Å²) in [5.41, 5.74) is 4.26. The molecular weight excluding hydrogens is 360 g/mol. The number of aromatic hydroxyl groups is 1. The second kappa shape index (κ2) is 9.96. The van der Waals surface area contributed by atoms with Crippen molar-refractivity contribution >= 4 is 35.5 Å². The van der Waals surface area contributed by atoms with Gasteiger partial charge in [0.25, 0.3) is 0 Å². The molecule has 0 spiro atoms. The Bertz CT molecular complexity index is 753. The predicted octanol–water partition coefficient (Wildman–Crippen LogP) is 3.83. The first-order valence-corrected chi connectivity index (χ1v) is 9.21. The van der Waals surface area contributed by atoms with E-state index < -0.39 is 0 Å². The minimum atomic E-state index is -0.188. The predicted molar refractivity (Wildman–Crippen MR) is 103 cm³/mol. The van der Waals surface area contributed by atoms with Gasteiger partial charge in [0.2, 0.25) is 5.91 Å². The zero-order chi connectivity index (χ0) is 18.1. The number of nitrogens with zero attached hydrogens (tertiary/aromatic N) is 1. The third kappa shape index (κ3) is 6.68. The number of nitrogens with one attached hydrogen (secondary N) is 1. The van der Waals surface area contributed by atoms with Gasteiger partial charge in [-0.05, 0) is 48.4 Å². The lowest BCUT2D eigenvalue weighted by Crippen LogP contribution is -2.19. The van der Waals surface area contributed by atoms with E-state index in [1.54, 1.807) is 12.1 Å². The highest BCUT2D eigenvalue weighted by atomic mass is 35.5. The van der Waals surface area contributed by atoms with Gasteiger partial charge in [0.1, 0.15) is 0 Å². The number of phenolic OH excluding ortho intramolecular Hbond substituents is 1. The lowest BCUT2D eigenvalue weighted by atomic mass is 10.2. The van der Waals surface area contributed by atoms with Gasteiger partial charge in [-0.2, -0.15) is 5.10 Å². The highest BCUT2D eigenvalue weighted by Gasteiger charge is 2.03. The fourth-order valence-electron chi connectivity index (χ4n) is 1.98. The minimum absolute atomic E-state index is 0.0699. The minimum Gasteiger partial charge on any atom is -0.504 e. The van der Waals surface area contributed by atoms with E-state index in [0.717, 1.165) is 5.56 Å². The molecule has 2 aromatic rings. The van der Waals surface area contributed by atoms with Gasteiger partial charge in [0, 0.05) is 10.8 Å². The molecule has 0 aliphatic carbocycles. The summed E-state index contributed by atoms with van der Waals surface area (Å²) in [5, 5.41) is 14.2. The number of carbonyl (C=O) groups is 1. The van der Waals surface area contributed by atoms with Gasteiger partial charge in [-0.25, -0.2) is 5.43 Å².